The van der Waals surface area contributed by atoms with Gasteiger partial charge in [0, 0.05) is 16.1 Å². The molecule has 0 fully saturated rings. The van der Waals surface area contributed by atoms with Crippen LogP contribution in [0.4, 0.5) is 17.1 Å². The van der Waals surface area contributed by atoms with Gasteiger partial charge in [-0.2, -0.15) is 0 Å². The number of nitrogens with one attached hydrogen (secondary N) is 1. The molecule has 0 heterocycles. The summed E-state index contributed by atoms with van der Waals surface area (Å²) in [5.74, 6) is -0.703. The van der Waals surface area contributed by atoms with E-state index in [0.29, 0.717) is 0 Å². The summed E-state index contributed by atoms with van der Waals surface area (Å²) in [6, 6.07) is 14.6. The Morgan fingerprint density at radius 1 is 1.03 bits per heavy atom. The van der Waals surface area contributed by atoms with Crippen LogP contribution in [0.5, 0.6) is 0 Å². The third kappa shape index (κ3) is 5.62. The average molecular weight is 508 g/mol. The van der Waals surface area contributed by atoms with Crippen molar-refractivity contribution in [3.63, 3.8) is 0 Å². The van der Waals surface area contributed by atoms with Crippen molar-refractivity contribution in [2.24, 2.45) is 0 Å². The van der Waals surface area contributed by atoms with Gasteiger partial charge in [0.2, 0.25) is 5.91 Å². The van der Waals surface area contributed by atoms with Gasteiger partial charge in [-0.15, -0.1) is 0 Å². The average Bonchev–Trinajstić information content (AvgIpc) is 2.72. The number of carbonyl (C=O) groups excluding carboxylic acids is 1. The quantitative estimate of drug-likeness (QED) is 0.342. The number of nitrogens with zero attached hydrogens (tertiary/aromatic N) is 2. The SMILES string of the molecule is Cc1ccc(S(=O)(=O)N(CC(=O)Nc2cccc([N+](=O)[O-])c2C)c2cc(Cl)cc(Cl)c2)cc1. The van der Waals surface area contributed by atoms with Gasteiger partial charge in [-0.25, -0.2) is 8.42 Å². The van der Waals surface area contributed by atoms with E-state index in [1.54, 1.807) is 12.1 Å². The second-order valence-electron chi connectivity index (χ2n) is 7.21. The van der Waals surface area contributed by atoms with Crippen LogP contribution in [0.1, 0.15) is 11.1 Å². The summed E-state index contributed by atoms with van der Waals surface area (Å²) < 4.78 is 27.8. The molecule has 0 spiro atoms. The molecule has 0 atom stereocenters. The van der Waals surface area contributed by atoms with Crippen molar-refractivity contribution in [1.29, 1.82) is 0 Å². The first-order chi connectivity index (χ1) is 15.5. The number of hydrogen-bond acceptors (Lipinski definition) is 5. The molecule has 0 saturated heterocycles. The first kappa shape index (κ1) is 24.5. The van der Waals surface area contributed by atoms with E-state index in [4.69, 9.17) is 23.2 Å². The Balaban J connectivity index is 2.00. The minimum atomic E-state index is -4.18. The summed E-state index contributed by atoms with van der Waals surface area (Å²) in [5, 5.41) is 14.1. The van der Waals surface area contributed by atoms with Crippen molar-refractivity contribution in [1.82, 2.24) is 0 Å². The standard InChI is InChI=1S/C22H19Cl2N3O5S/c1-14-6-8-19(9-7-14)33(31,32)26(18-11-16(23)10-17(24)12-18)13-22(28)25-20-4-3-5-21(15(20)2)27(29)30/h3-12H,13H2,1-2H3,(H,25,28). The topological polar surface area (TPSA) is 110 Å². The molecule has 33 heavy (non-hydrogen) atoms. The molecule has 1 amide bonds. The van der Waals surface area contributed by atoms with Crippen LogP contribution >= 0.6 is 23.2 Å². The molecule has 0 aliphatic carbocycles. The zero-order valence-corrected chi connectivity index (χ0v) is 19.9. The lowest BCUT2D eigenvalue weighted by Crippen LogP contribution is -2.38. The highest BCUT2D eigenvalue weighted by Gasteiger charge is 2.28. The third-order valence-electron chi connectivity index (χ3n) is 4.81. The summed E-state index contributed by atoms with van der Waals surface area (Å²) in [4.78, 5) is 23.5. The van der Waals surface area contributed by atoms with Crippen LogP contribution in [0.25, 0.3) is 0 Å². The number of sulfonamides is 1. The van der Waals surface area contributed by atoms with Gasteiger partial charge in [-0.05, 0) is 50.2 Å². The lowest BCUT2D eigenvalue weighted by molar-refractivity contribution is -0.385. The monoisotopic (exact) mass is 507 g/mol. The molecule has 0 saturated carbocycles. The van der Waals surface area contributed by atoms with Crippen molar-refractivity contribution >= 4 is 56.2 Å². The van der Waals surface area contributed by atoms with Gasteiger partial charge in [0.05, 0.1) is 26.8 Å². The molecule has 0 unspecified atom stereocenters. The molecular formula is C22H19Cl2N3O5S. The maximum absolute atomic E-state index is 13.4. The van der Waals surface area contributed by atoms with Gasteiger partial charge < -0.3 is 5.32 Å². The summed E-state index contributed by atoms with van der Waals surface area (Å²) >= 11 is 12.1. The molecule has 0 aliphatic heterocycles. The summed E-state index contributed by atoms with van der Waals surface area (Å²) in [6.07, 6.45) is 0. The maximum Gasteiger partial charge on any atom is 0.274 e. The predicted octanol–water partition coefficient (Wildman–Crippen LogP) is 5.35. The summed E-state index contributed by atoms with van der Waals surface area (Å²) in [5.41, 5.74) is 1.24. The normalized spacial score (nSPS) is 11.2. The van der Waals surface area contributed by atoms with E-state index in [9.17, 15) is 23.3 Å². The highest BCUT2D eigenvalue weighted by Crippen LogP contribution is 2.30. The molecule has 3 rings (SSSR count). The molecule has 0 radical (unpaired) electrons. The molecule has 0 bridgehead atoms. The predicted molar refractivity (Wildman–Crippen MR) is 129 cm³/mol. The van der Waals surface area contributed by atoms with Gasteiger partial charge in [0.15, 0.2) is 0 Å². The van der Waals surface area contributed by atoms with E-state index in [1.807, 2.05) is 6.92 Å². The Bertz CT molecular complexity index is 1310. The highest BCUT2D eigenvalue weighted by atomic mass is 35.5. The number of anilines is 2. The number of benzene rings is 3. The van der Waals surface area contributed by atoms with Crippen LogP contribution in [0.15, 0.2) is 65.6 Å². The smallest absolute Gasteiger partial charge is 0.274 e. The number of carbonyl (C=O) groups is 1. The molecule has 0 aliphatic rings. The second-order valence-corrected chi connectivity index (χ2v) is 9.94. The van der Waals surface area contributed by atoms with Crippen LogP contribution in [-0.4, -0.2) is 25.8 Å². The minimum absolute atomic E-state index is 0.0245. The zero-order chi connectivity index (χ0) is 24.3. The van der Waals surface area contributed by atoms with Crippen molar-refractivity contribution in [2.75, 3.05) is 16.2 Å². The molecule has 3 aromatic carbocycles. The van der Waals surface area contributed by atoms with Crippen LogP contribution < -0.4 is 9.62 Å². The van der Waals surface area contributed by atoms with Crippen molar-refractivity contribution in [3.8, 4) is 0 Å². The second kappa shape index (κ2) is 9.78. The fourth-order valence-corrected chi connectivity index (χ4v) is 5.03. The third-order valence-corrected chi connectivity index (χ3v) is 7.03. The van der Waals surface area contributed by atoms with Gasteiger partial charge in [0.1, 0.15) is 6.54 Å². The molecule has 11 heteroatoms. The van der Waals surface area contributed by atoms with Crippen molar-refractivity contribution in [2.45, 2.75) is 18.7 Å². The molecule has 0 aromatic heterocycles. The fraction of sp³-hybridized carbons (Fsp3) is 0.136. The largest absolute Gasteiger partial charge is 0.324 e. The Morgan fingerprint density at radius 2 is 1.64 bits per heavy atom. The Hall–Kier alpha value is -3.14. The lowest BCUT2D eigenvalue weighted by atomic mass is 10.1. The minimum Gasteiger partial charge on any atom is -0.324 e. The first-order valence-electron chi connectivity index (χ1n) is 9.58. The Labute approximate surface area is 200 Å². The molecule has 172 valence electrons. The van der Waals surface area contributed by atoms with Crippen molar-refractivity contribution < 1.29 is 18.1 Å². The number of hydrogen-bond donors (Lipinski definition) is 1. The van der Waals surface area contributed by atoms with Gasteiger partial charge in [-0.3, -0.25) is 19.2 Å². The molecular weight excluding hydrogens is 489 g/mol. The molecule has 3 aromatic rings. The number of nitro groups is 1. The van der Waals surface area contributed by atoms with Gasteiger partial charge >= 0.3 is 0 Å². The maximum atomic E-state index is 13.4. The van der Waals surface area contributed by atoms with Crippen LogP contribution in [-0.2, 0) is 14.8 Å². The fourth-order valence-electron chi connectivity index (χ4n) is 3.11. The number of nitro benzene ring substituents is 1. The summed E-state index contributed by atoms with van der Waals surface area (Å²) in [7, 11) is -4.18. The lowest BCUT2D eigenvalue weighted by Gasteiger charge is -2.24. The summed E-state index contributed by atoms with van der Waals surface area (Å²) in [6.45, 7) is 2.69. The number of halogens is 2. The van der Waals surface area contributed by atoms with E-state index in [0.717, 1.165) is 9.87 Å². The first-order valence-corrected chi connectivity index (χ1v) is 11.8. The molecule has 8 nitrogen and oxygen atoms in total. The van der Waals surface area contributed by atoms with E-state index >= 15 is 0 Å². The van der Waals surface area contributed by atoms with E-state index in [2.05, 4.69) is 5.32 Å². The Morgan fingerprint density at radius 3 is 2.21 bits per heavy atom. The highest BCUT2D eigenvalue weighted by molar-refractivity contribution is 7.92. The van der Waals surface area contributed by atoms with Crippen LogP contribution in [0.2, 0.25) is 10.0 Å². The number of amides is 1. The van der Waals surface area contributed by atoms with Crippen LogP contribution in [0, 0.1) is 24.0 Å². The Kier molecular flexibility index (Phi) is 7.26. The van der Waals surface area contributed by atoms with E-state index < -0.39 is 27.4 Å². The van der Waals surface area contributed by atoms with Crippen molar-refractivity contribution in [3.05, 3.63) is 92.0 Å². The van der Waals surface area contributed by atoms with Gasteiger partial charge in [-0.1, -0.05) is 47.0 Å². The zero-order valence-electron chi connectivity index (χ0n) is 17.6. The van der Waals surface area contributed by atoms with E-state index in [-0.39, 0.29) is 37.6 Å². The van der Waals surface area contributed by atoms with Gasteiger partial charge in [0.25, 0.3) is 15.7 Å². The van der Waals surface area contributed by atoms with Crippen LogP contribution in [0.3, 0.4) is 0 Å². The van der Waals surface area contributed by atoms with E-state index in [1.165, 1.54) is 55.5 Å². The molecule has 1 N–H and O–H groups in total. The number of rotatable bonds is 7. The number of aryl methyl sites for hydroxylation is 1.